The number of amides is 1. The Bertz CT molecular complexity index is 991. The number of anilines is 1. The van der Waals surface area contributed by atoms with Crippen LogP contribution in [0.15, 0.2) is 47.6 Å². The molecule has 0 saturated carbocycles. The molecule has 1 N–H and O–H groups in total. The van der Waals surface area contributed by atoms with Crippen molar-refractivity contribution in [2.24, 2.45) is 5.10 Å². The lowest BCUT2D eigenvalue weighted by Gasteiger charge is -2.23. The fourth-order valence-electron chi connectivity index (χ4n) is 2.49. The van der Waals surface area contributed by atoms with Gasteiger partial charge in [-0.25, -0.2) is 13.8 Å². The normalized spacial score (nSPS) is 11.2. The number of rotatable bonds is 9. The summed E-state index contributed by atoms with van der Waals surface area (Å²) in [7, 11) is 0.591. The predicted molar refractivity (Wildman–Crippen MR) is 110 cm³/mol. The van der Waals surface area contributed by atoms with Crippen LogP contribution in [0.5, 0.6) is 17.2 Å². The molecule has 0 fully saturated rings. The highest BCUT2D eigenvalue weighted by Gasteiger charge is 2.24. The van der Waals surface area contributed by atoms with Gasteiger partial charge in [0, 0.05) is 11.6 Å². The molecule has 10 heteroatoms. The molecule has 0 atom stereocenters. The van der Waals surface area contributed by atoms with Crippen molar-refractivity contribution in [3.05, 3.63) is 48.0 Å². The van der Waals surface area contributed by atoms with Crippen LogP contribution in [-0.2, 0) is 14.8 Å². The summed E-state index contributed by atoms with van der Waals surface area (Å²) in [6, 6.07) is 11.8. The molecular weight excluding hydrogens is 398 g/mol. The second kappa shape index (κ2) is 9.78. The standard InChI is InChI=1S/C19H23N3O6S/c1-26-15-9-10-18(28-3)16(11-15)22(29(4,24)25)13-19(23)21-20-12-14-7-5-6-8-17(14)27-2/h5-12H,13H2,1-4H3,(H,21,23)/b20-12-. The summed E-state index contributed by atoms with van der Waals surface area (Å²) in [5, 5.41) is 3.87. The minimum absolute atomic E-state index is 0.179. The topological polar surface area (TPSA) is 107 Å². The number of hydrazone groups is 1. The van der Waals surface area contributed by atoms with Gasteiger partial charge in [-0.1, -0.05) is 12.1 Å². The summed E-state index contributed by atoms with van der Waals surface area (Å²) in [5.74, 6) is 0.654. The number of ether oxygens (including phenoxy) is 3. The summed E-state index contributed by atoms with van der Waals surface area (Å²) >= 11 is 0. The molecule has 156 valence electrons. The minimum atomic E-state index is -3.79. The van der Waals surface area contributed by atoms with E-state index in [-0.39, 0.29) is 11.4 Å². The van der Waals surface area contributed by atoms with Gasteiger partial charge < -0.3 is 14.2 Å². The molecule has 29 heavy (non-hydrogen) atoms. The average Bonchev–Trinajstić information content (AvgIpc) is 2.71. The number of hydrogen-bond donors (Lipinski definition) is 1. The van der Waals surface area contributed by atoms with Gasteiger partial charge in [-0.15, -0.1) is 0 Å². The van der Waals surface area contributed by atoms with Gasteiger partial charge in [0.05, 0.1) is 39.5 Å². The van der Waals surface area contributed by atoms with Gasteiger partial charge in [0.1, 0.15) is 23.8 Å². The number of carbonyl (C=O) groups is 1. The highest BCUT2D eigenvalue weighted by molar-refractivity contribution is 7.92. The van der Waals surface area contributed by atoms with Crippen molar-refractivity contribution in [2.75, 3.05) is 38.4 Å². The van der Waals surface area contributed by atoms with E-state index in [9.17, 15) is 13.2 Å². The molecule has 0 aromatic heterocycles. The predicted octanol–water partition coefficient (Wildman–Crippen LogP) is 1.63. The number of methoxy groups -OCH3 is 3. The third kappa shape index (κ3) is 5.85. The maximum absolute atomic E-state index is 12.3. The highest BCUT2D eigenvalue weighted by atomic mass is 32.2. The molecule has 2 rings (SSSR count). The first-order chi connectivity index (χ1) is 13.8. The Kier molecular flexibility index (Phi) is 7.43. The molecule has 0 aliphatic carbocycles. The van der Waals surface area contributed by atoms with Crippen LogP contribution in [-0.4, -0.2) is 54.7 Å². The Morgan fingerprint density at radius 1 is 1.07 bits per heavy atom. The number of hydrogen-bond acceptors (Lipinski definition) is 7. The average molecular weight is 421 g/mol. The first-order valence-corrected chi connectivity index (χ1v) is 10.3. The number of sulfonamides is 1. The molecular formula is C19H23N3O6S. The van der Waals surface area contributed by atoms with Crippen molar-refractivity contribution >= 4 is 27.8 Å². The molecule has 0 radical (unpaired) electrons. The van der Waals surface area contributed by atoms with E-state index in [1.54, 1.807) is 36.4 Å². The van der Waals surface area contributed by atoms with Gasteiger partial charge in [0.25, 0.3) is 5.91 Å². The van der Waals surface area contributed by atoms with Crippen molar-refractivity contribution in [2.45, 2.75) is 0 Å². The van der Waals surface area contributed by atoms with Crippen LogP contribution in [0.25, 0.3) is 0 Å². The van der Waals surface area contributed by atoms with Crippen molar-refractivity contribution in [1.29, 1.82) is 0 Å². The van der Waals surface area contributed by atoms with Crippen LogP contribution in [0, 0.1) is 0 Å². The van der Waals surface area contributed by atoms with Crippen molar-refractivity contribution in [3.63, 3.8) is 0 Å². The van der Waals surface area contributed by atoms with Crippen LogP contribution in [0.1, 0.15) is 5.56 Å². The molecule has 2 aromatic rings. The van der Waals surface area contributed by atoms with Crippen LogP contribution < -0.4 is 23.9 Å². The van der Waals surface area contributed by atoms with E-state index in [2.05, 4.69) is 10.5 Å². The van der Waals surface area contributed by atoms with Crippen molar-refractivity contribution in [3.8, 4) is 17.2 Å². The summed E-state index contributed by atoms with van der Waals surface area (Å²) in [6.45, 7) is -0.494. The Morgan fingerprint density at radius 2 is 1.76 bits per heavy atom. The molecule has 0 aliphatic heterocycles. The summed E-state index contributed by atoms with van der Waals surface area (Å²) < 4.78 is 41.1. The summed E-state index contributed by atoms with van der Waals surface area (Å²) in [6.07, 6.45) is 2.41. The smallest absolute Gasteiger partial charge is 0.260 e. The number of nitrogens with zero attached hydrogens (tertiary/aromatic N) is 2. The van der Waals surface area contributed by atoms with E-state index in [1.165, 1.54) is 33.6 Å². The lowest BCUT2D eigenvalue weighted by atomic mass is 10.2. The molecule has 9 nitrogen and oxygen atoms in total. The lowest BCUT2D eigenvalue weighted by molar-refractivity contribution is -0.119. The Labute approximate surface area is 169 Å². The number of carbonyl (C=O) groups excluding carboxylic acids is 1. The van der Waals surface area contributed by atoms with E-state index < -0.39 is 22.5 Å². The second-order valence-electron chi connectivity index (χ2n) is 5.84. The SMILES string of the molecule is COc1ccc(OC)c(N(CC(=O)N/N=C\c2ccccc2OC)S(C)(=O)=O)c1. The Hall–Kier alpha value is -3.27. The quantitative estimate of drug-likeness (QED) is 0.487. The third-order valence-corrected chi connectivity index (χ3v) is 5.00. The molecule has 0 saturated heterocycles. The molecule has 0 unspecified atom stereocenters. The van der Waals surface area contributed by atoms with Crippen molar-refractivity contribution in [1.82, 2.24) is 5.43 Å². The van der Waals surface area contributed by atoms with Gasteiger partial charge in [0.2, 0.25) is 10.0 Å². The van der Waals surface area contributed by atoms with E-state index in [0.29, 0.717) is 17.1 Å². The molecule has 0 bridgehead atoms. The zero-order valence-electron chi connectivity index (χ0n) is 16.6. The minimum Gasteiger partial charge on any atom is -0.497 e. The van der Waals surface area contributed by atoms with E-state index in [0.717, 1.165) is 10.6 Å². The number of benzene rings is 2. The molecule has 0 heterocycles. The van der Waals surface area contributed by atoms with Gasteiger partial charge in [-0.05, 0) is 24.3 Å². The van der Waals surface area contributed by atoms with Crippen LogP contribution in [0.4, 0.5) is 5.69 Å². The van der Waals surface area contributed by atoms with Gasteiger partial charge >= 0.3 is 0 Å². The Balaban J connectivity index is 2.21. The van der Waals surface area contributed by atoms with Crippen molar-refractivity contribution < 1.29 is 27.4 Å². The van der Waals surface area contributed by atoms with E-state index in [1.807, 2.05) is 0 Å². The molecule has 1 amide bonds. The zero-order valence-corrected chi connectivity index (χ0v) is 17.4. The largest absolute Gasteiger partial charge is 0.497 e. The Morgan fingerprint density at radius 3 is 2.38 bits per heavy atom. The van der Waals surface area contributed by atoms with Crippen LogP contribution in [0.2, 0.25) is 0 Å². The third-order valence-electron chi connectivity index (χ3n) is 3.87. The molecule has 2 aromatic carbocycles. The summed E-state index contributed by atoms with van der Waals surface area (Å²) in [4.78, 5) is 12.3. The maximum atomic E-state index is 12.3. The highest BCUT2D eigenvalue weighted by Crippen LogP contribution is 2.33. The monoisotopic (exact) mass is 421 g/mol. The van der Waals surface area contributed by atoms with E-state index in [4.69, 9.17) is 14.2 Å². The second-order valence-corrected chi connectivity index (χ2v) is 7.75. The van der Waals surface area contributed by atoms with Crippen LogP contribution >= 0.6 is 0 Å². The fourth-order valence-corrected chi connectivity index (χ4v) is 3.34. The van der Waals surface area contributed by atoms with Gasteiger partial charge in [-0.3, -0.25) is 9.10 Å². The maximum Gasteiger partial charge on any atom is 0.260 e. The number of nitrogens with one attached hydrogen (secondary N) is 1. The molecule has 0 aliphatic rings. The van der Waals surface area contributed by atoms with Gasteiger partial charge in [0.15, 0.2) is 0 Å². The first kappa shape index (κ1) is 22.0. The summed E-state index contributed by atoms with van der Waals surface area (Å²) in [5.41, 5.74) is 3.15. The zero-order chi connectivity index (χ0) is 21.4. The van der Waals surface area contributed by atoms with Gasteiger partial charge in [-0.2, -0.15) is 5.10 Å². The first-order valence-electron chi connectivity index (χ1n) is 8.44. The molecule has 0 spiro atoms. The van der Waals surface area contributed by atoms with E-state index >= 15 is 0 Å². The fraction of sp³-hybridized carbons (Fsp3) is 0.263. The number of para-hydroxylation sites is 1. The lowest BCUT2D eigenvalue weighted by Crippen LogP contribution is -2.39. The van der Waals surface area contributed by atoms with Crippen LogP contribution in [0.3, 0.4) is 0 Å².